The molecular formula is C12H10F2O. The largest absolute Gasteiger partial charge is 0.0622 e. The van der Waals surface area contributed by atoms with Crippen molar-refractivity contribution in [1.82, 2.24) is 0 Å². The van der Waals surface area contributed by atoms with E-state index >= 15 is 0 Å². The van der Waals surface area contributed by atoms with E-state index in [2.05, 4.69) is 48.5 Å². The Kier molecular flexibility index (Phi) is 5.04. The van der Waals surface area contributed by atoms with Crippen molar-refractivity contribution in [1.29, 1.82) is 0 Å². The Morgan fingerprint density at radius 1 is 0.600 bits per heavy atom. The standard InChI is InChI=1S/C12H10.F2O/c1-3-7-11(8-4-1)12-9-5-2-6-10-12;1-3-2/h1-10H;. The van der Waals surface area contributed by atoms with Gasteiger partial charge in [0.1, 0.15) is 0 Å². The highest BCUT2D eigenvalue weighted by Crippen LogP contribution is 2.17. The summed E-state index contributed by atoms with van der Waals surface area (Å²) in [4.78, 5) is 0. The number of halogens is 2. The van der Waals surface area contributed by atoms with Crippen molar-refractivity contribution in [2.24, 2.45) is 0 Å². The van der Waals surface area contributed by atoms with Crippen LogP contribution in [0.15, 0.2) is 60.7 Å². The zero-order valence-corrected chi connectivity index (χ0v) is 7.94. The van der Waals surface area contributed by atoms with Crippen molar-refractivity contribution in [2.75, 3.05) is 0 Å². The minimum absolute atomic E-state index is 1.25. The normalized spacial score (nSPS) is 8.93. The second-order valence-corrected chi connectivity index (χ2v) is 2.79. The van der Waals surface area contributed by atoms with Gasteiger partial charge in [0, 0.05) is 5.15 Å². The summed E-state index contributed by atoms with van der Waals surface area (Å²) in [5.74, 6) is 0. The number of hydrogen-bond acceptors (Lipinski definition) is 1. The van der Waals surface area contributed by atoms with Crippen LogP contribution >= 0.6 is 0 Å². The first-order valence-electron chi connectivity index (χ1n) is 4.38. The van der Waals surface area contributed by atoms with Crippen molar-refractivity contribution in [3.05, 3.63) is 60.7 Å². The lowest BCUT2D eigenvalue weighted by atomic mass is 10.1. The monoisotopic (exact) mass is 208 g/mol. The third-order valence-corrected chi connectivity index (χ3v) is 1.88. The summed E-state index contributed by atoms with van der Waals surface area (Å²) in [5.41, 5.74) is 2.55. The average molecular weight is 208 g/mol. The van der Waals surface area contributed by atoms with Crippen LogP contribution in [0.25, 0.3) is 11.1 Å². The number of rotatable bonds is 1. The maximum absolute atomic E-state index is 9.12. The average Bonchev–Trinajstić information content (AvgIpc) is 2.32. The fourth-order valence-electron chi connectivity index (χ4n) is 1.26. The Morgan fingerprint density at radius 2 is 0.867 bits per heavy atom. The van der Waals surface area contributed by atoms with Crippen molar-refractivity contribution in [3.8, 4) is 11.1 Å². The van der Waals surface area contributed by atoms with Gasteiger partial charge in [-0.2, -0.15) is 0 Å². The smallest absolute Gasteiger partial charge is 0.0209 e. The molecule has 1 nitrogen and oxygen atoms in total. The molecule has 15 heavy (non-hydrogen) atoms. The molecule has 0 saturated heterocycles. The fourth-order valence-corrected chi connectivity index (χ4v) is 1.26. The van der Waals surface area contributed by atoms with Gasteiger partial charge in [0.2, 0.25) is 0 Å². The molecule has 0 radical (unpaired) electrons. The minimum atomic E-state index is 1.25. The Hall–Kier alpha value is -1.74. The molecule has 3 heteroatoms. The van der Waals surface area contributed by atoms with Crippen LogP contribution < -0.4 is 0 Å². The van der Waals surface area contributed by atoms with Gasteiger partial charge in [-0.25, -0.2) is 0 Å². The lowest BCUT2D eigenvalue weighted by molar-refractivity contribution is -0.317. The van der Waals surface area contributed by atoms with E-state index in [9.17, 15) is 0 Å². The van der Waals surface area contributed by atoms with E-state index in [-0.39, 0.29) is 0 Å². The van der Waals surface area contributed by atoms with Crippen LogP contribution in [-0.2, 0) is 5.15 Å². The highest BCUT2D eigenvalue weighted by molar-refractivity contribution is 5.62. The summed E-state index contributed by atoms with van der Waals surface area (Å²) < 4.78 is 18.2. The Labute approximate surface area is 86.7 Å². The molecule has 0 bridgehead atoms. The molecule has 2 rings (SSSR count). The molecule has 0 atom stereocenters. The van der Waals surface area contributed by atoms with E-state index in [0.29, 0.717) is 0 Å². The Bertz CT molecular complexity index is 324. The van der Waals surface area contributed by atoms with Crippen LogP contribution in [0.3, 0.4) is 0 Å². The van der Waals surface area contributed by atoms with Gasteiger partial charge in [0.15, 0.2) is 0 Å². The second-order valence-electron chi connectivity index (χ2n) is 2.79. The summed E-state index contributed by atoms with van der Waals surface area (Å²) in [6.45, 7) is 0. The molecule has 2 aromatic rings. The van der Waals surface area contributed by atoms with Gasteiger partial charge >= 0.3 is 0 Å². The molecule has 0 aliphatic heterocycles. The molecule has 0 spiro atoms. The highest BCUT2D eigenvalue weighted by Gasteiger charge is 1.91. The fraction of sp³-hybridized carbons (Fsp3) is 0. The predicted octanol–water partition coefficient (Wildman–Crippen LogP) is 4.13. The van der Waals surface area contributed by atoms with Crippen LogP contribution in [0.4, 0.5) is 9.05 Å². The molecule has 0 aliphatic carbocycles. The molecule has 0 amide bonds. The van der Waals surface area contributed by atoms with Crippen LogP contribution in [0.2, 0.25) is 0 Å². The SMILES string of the molecule is FOF.c1ccc(-c2ccccc2)cc1. The van der Waals surface area contributed by atoms with Gasteiger partial charge in [-0.3, -0.25) is 0 Å². The maximum atomic E-state index is 9.12. The van der Waals surface area contributed by atoms with Crippen LogP contribution in [-0.4, -0.2) is 0 Å². The molecule has 0 heterocycles. The minimum Gasteiger partial charge on any atom is -0.0622 e. The summed E-state index contributed by atoms with van der Waals surface area (Å²) in [5, 5.41) is 1.25. The first kappa shape index (κ1) is 11.3. The van der Waals surface area contributed by atoms with E-state index < -0.39 is 0 Å². The summed E-state index contributed by atoms with van der Waals surface area (Å²) in [6, 6.07) is 20.8. The van der Waals surface area contributed by atoms with E-state index in [1.165, 1.54) is 16.3 Å². The molecule has 78 valence electrons. The van der Waals surface area contributed by atoms with Crippen molar-refractivity contribution in [3.63, 3.8) is 0 Å². The molecule has 0 fully saturated rings. The van der Waals surface area contributed by atoms with Gasteiger partial charge in [-0.05, 0) is 20.2 Å². The van der Waals surface area contributed by atoms with E-state index in [4.69, 9.17) is 9.05 Å². The summed E-state index contributed by atoms with van der Waals surface area (Å²) in [7, 11) is 0. The number of benzene rings is 2. The Balaban J connectivity index is 0.000000337. The summed E-state index contributed by atoms with van der Waals surface area (Å²) >= 11 is 0. The zero-order chi connectivity index (χ0) is 10.9. The predicted molar refractivity (Wildman–Crippen MR) is 55.2 cm³/mol. The molecule has 0 saturated carbocycles. The quantitative estimate of drug-likeness (QED) is 0.684. The van der Waals surface area contributed by atoms with Crippen LogP contribution in [0, 0.1) is 0 Å². The third-order valence-electron chi connectivity index (χ3n) is 1.88. The molecule has 0 aromatic heterocycles. The lowest BCUT2D eigenvalue weighted by Gasteiger charge is -1.98. The first-order chi connectivity index (χ1) is 7.38. The Morgan fingerprint density at radius 3 is 1.13 bits per heavy atom. The maximum Gasteiger partial charge on any atom is 0.0209 e. The van der Waals surface area contributed by atoms with Gasteiger partial charge in [0.25, 0.3) is 0 Å². The van der Waals surface area contributed by atoms with Crippen molar-refractivity contribution < 1.29 is 14.2 Å². The van der Waals surface area contributed by atoms with Crippen molar-refractivity contribution in [2.45, 2.75) is 0 Å². The molecule has 0 unspecified atom stereocenters. The molecule has 2 aromatic carbocycles. The van der Waals surface area contributed by atoms with Crippen LogP contribution in [0.1, 0.15) is 0 Å². The van der Waals surface area contributed by atoms with E-state index in [0.717, 1.165) is 0 Å². The summed E-state index contributed by atoms with van der Waals surface area (Å²) in [6.07, 6.45) is 0. The molecule has 0 aliphatic rings. The first-order valence-corrected chi connectivity index (χ1v) is 4.38. The van der Waals surface area contributed by atoms with Gasteiger partial charge in [-0.15, -0.1) is 0 Å². The van der Waals surface area contributed by atoms with Crippen molar-refractivity contribution >= 4 is 0 Å². The van der Waals surface area contributed by atoms with Gasteiger partial charge < -0.3 is 0 Å². The number of hydrogen-bond donors (Lipinski definition) is 0. The molecular weight excluding hydrogens is 198 g/mol. The topological polar surface area (TPSA) is 9.23 Å². The highest BCUT2D eigenvalue weighted by atomic mass is 19.6. The van der Waals surface area contributed by atoms with E-state index in [1.54, 1.807) is 0 Å². The zero-order valence-electron chi connectivity index (χ0n) is 7.94. The van der Waals surface area contributed by atoms with E-state index in [1.807, 2.05) is 12.1 Å². The second kappa shape index (κ2) is 6.68. The third kappa shape index (κ3) is 3.87. The van der Waals surface area contributed by atoms with Gasteiger partial charge in [-0.1, -0.05) is 60.7 Å². The van der Waals surface area contributed by atoms with Gasteiger partial charge in [0.05, 0.1) is 0 Å². The molecule has 0 N–H and O–H groups in total. The van der Waals surface area contributed by atoms with Crippen LogP contribution in [0.5, 0.6) is 0 Å². The lowest BCUT2D eigenvalue weighted by Crippen LogP contribution is -1.73.